The van der Waals surface area contributed by atoms with Gasteiger partial charge in [0.2, 0.25) is 0 Å². The summed E-state index contributed by atoms with van der Waals surface area (Å²) in [6.07, 6.45) is 7.65. The van der Waals surface area contributed by atoms with Gasteiger partial charge in [0.1, 0.15) is 5.75 Å². The van der Waals surface area contributed by atoms with Crippen LogP contribution in [0.5, 0.6) is 5.75 Å². The van der Waals surface area contributed by atoms with Gasteiger partial charge in [-0.15, -0.1) is 0 Å². The number of piperazine rings is 1. The number of aromatic nitrogens is 3. The Morgan fingerprint density at radius 1 is 0.729 bits per heavy atom. The minimum atomic E-state index is 0.681. The number of hydrogen-bond donors (Lipinski definition) is 1. The number of methoxy groups -OCH3 is 1. The van der Waals surface area contributed by atoms with E-state index in [4.69, 9.17) is 27.9 Å². The number of ether oxygens (including phenoxy) is 1. The molecular formula is C38H39Cl2N7O. The van der Waals surface area contributed by atoms with Crippen LogP contribution in [0.1, 0.15) is 12.8 Å². The Kier molecular flexibility index (Phi) is 10.0. The first-order valence-corrected chi connectivity index (χ1v) is 17.3. The SMILES string of the molecule is COc1cc(NCCCN2CCN(CCCN(c3ccnc4cc(Cl)ccc34)c3ccnc4cc(Cl)ccc34)CC2)c2ncccc2c1. The standard InChI is InChI=1S/C38H39Cl2N7O/c1-48-30-23-27-5-2-12-44-38(27)35(26-30)41-13-3-16-45-19-21-46(22-20-45)17-4-18-47(36-10-14-42-33-24-28(39)6-8-31(33)36)37-11-15-43-34-25-29(40)7-9-32(34)37/h2,5-12,14-15,23-26,41H,3-4,13,16-22H2,1H3. The number of rotatable bonds is 12. The van der Waals surface area contributed by atoms with E-state index in [1.165, 1.54) is 0 Å². The predicted octanol–water partition coefficient (Wildman–Crippen LogP) is 8.29. The number of pyridine rings is 3. The van der Waals surface area contributed by atoms with Crippen molar-refractivity contribution in [3.8, 4) is 5.75 Å². The number of nitrogens with one attached hydrogen (secondary N) is 1. The second-order valence-electron chi connectivity index (χ2n) is 12.2. The fourth-order valence-corrected chi connectivity index (χ4v) is 7.02. The molecule has 1 saturated heterocycles. The lowest BCUT2D eigenvalue weighted by Crippen LogP contribution is -2.47. The molecule has 1 fully saturated rings. The Bertz CT molecular complexity index is 1950. The Morgan fingerprint density at radius 3 is 1.98 bits per heavy atom. The lowest BCUT2D eigenvalue weighted by Gasteiger charge is -2.35. The molecule has 1 N–H and O–H groups in total. The van der Waals surface area contributed by atoms with Crippen molar-refractivity contribution in [1.82, 2.24) is 24.8 Å². The minimum Gasteiger partial charge on any atom is -0.497 e. The van der Waals surface area contributed by atoms with Crippen molar-refractivity contribution < 1.29 is 4.74 Å². The summed E-state index contributed by atoms with van der Waals surface area (Å²) in [5.41, 5.74) is 5.98. The first-order valence-electron chi connectivity index (χ1n) is 16.5. The largest absolute Gasteiger partial charge is 0.497 e. The molecule has 0 amide bonds. The Labute approximate surface area is 291 Å². The van der Waals surface area contributed by atoms with E-state index >= 15 is 0 Å². The third-order valence-electron chi connectivity index (χ3n) is 9.15. The fourth-order valence-electron chi connectivity index (χ4n) is 6.69. The maximum atomic E-state index is 6.34. The Morgan fingerprint density at radius 2 is 1.35 bits per heavy atom. The molecule has 48 heavy (non-hydrogen) atoms. The average molecular weight is 681 g/mol. The smallest absolute Gasteiger partial charge is 0.121 e. The van der Waals surface area contributed by atoms with Crippen LogP contribution in [0.4, 0.5) is 17.1 Å². The van der Waals surface area contributed by atoms with Crippen molar-refractivity contribution in [2.24, 2.45) is 0 Å². The van der Waals surface area contributed by atoms with Gasteiger partial charge in [0.25, 0.3) is 0 Å². The minimum absolute atomic E-state index is 0.681. The van der Waals surface area contributed by atoms with Crippen LogP contribution in [0, 0.1) is 0 Å². The van der Waals surface area contributed by atoms with Gasteiger partial charge in [-0.25, -0.2) is 0 Å². The molecule has 0 saturated carbocycles. The molecule has 4 heterocycles. The van der Waals surface area contributed by atoms with Gasteiger partial charge in [-0.1, -0.05) is 29.3 Å². The summed E-state index contributed by atoms with van der Waals surface area (Å²) in [4.78, 5) is 21.4. The zero-order valence-electron chi connectivity index (χ0n) is 27.1. The van der Waals surface area contributed by atoms with E-state index < -0.39 is 0 Å². The van der Waals surface area contributed by atoms with Crippen molar-refractivity contribution in [3.05, 3.63) is 101 Å². The fraction of sp³-hybridized carbons (Fsp3) is 0.289. The summed E-state index contributed by atoms with van der Waals surface area (Å²) in [7, 11) is 1.70. The van der Waals surface area contributed by atoms with Gasteiger partial charge in [0.05, 0.1) is 40.7 Å². The maximum Gasteiger partial charge on any atom is 0.121 e. The second kappa shape index (κ2) is 14.9. The van der Waals surface area contributed by atoms with Gasteiger partial charge in [-0.05, 0) is 86.6 Å². The number of fused-ring (bicyclic) bond motifs is 3. The van der Waals surface area contributed by atoms with E-state index in [1.807, 2.05) is 61.1 Å². The van der Waals surface area contributed by atoms with Crippen LogP contribution in [0.2, 0.25) is 10.0 Å². The quantitative estimate of drug-likeness (QED) is 0.130. The molecule has 1 aliphatic heterocycles. The van der Waals surface area contributed by atoms with E-state index in [9.17, 15) is 0 Å². The zero-order chi connectivity index (χ0) is 32.9. The van der Waals surface area contributed by atoms with Gasteiger partial charge in [0, 0.05) is 90.1 Å². The molecule has 8 nitrogen and oxygen atoms in total. The van der Waals surface area contributed by atoms with E-state index in [0.717, 1.165) is 121 Å². The van der Waals surface area contributed by atoms with Crippen molar-refractivity contribution in [2.45, 2.75) is 12.8 Å². The zero-order valence-corrected chi connectivity index (χ0v) is 28.6. The summed E-state index contributed by atoms with van der Waals surface area (Å²) >= 11 is 12.7. The van der Waals surface area contributed by atoms with Crippen molar-refractivity contribution in [3.63, 3.8) is 0 Å². The molecule has 10 heteroatoms. The van der Waals surface area contributed by atoms with Crippen LogP contribution >= 0.6 is 23.2 Å². The van der Waals surface area contributed by atoms with Crippen LogP contribution in [-0.2, 0) is 0 Å². The van der Waals surface area contributed by atoms with Crippen molar-refractivity contribution >= 4 is 73.0 Å². The highest BCUT2D eigenvalue weighted by Gasteiger charge is 2.20. The van der Waals surface area contributed by atoms with E-state index in [-0.39, 0.29) is 0 Å². The maximum absolute atomic E-state index is 6.34. The number of anilines is 3. The molecule has 6 aromatic rings. The highest BCUT2D eigenvalue weighted by Crippen LogP contribution is 2.37. The van der Waals surface area contributed by atoms with Crippen LogP contribution in [-0.4, -0.2) is 84.2 Å². The molecule has 0 aliphatic carbocycles. The first-order chi connectivity index (χ1) is 23.6. The molecular weight excluding hydrogens is 641 g/mol. The van der Waals surface area contributed by atoms with Crippen molar-refractivity contribution in [2.75, 3.05) is 69.7 Å². The topological polar surface area (TPSA) is 69.7 Å². The van der Waals surface area contributed by atoms with Crippen LogP contribution in [0.15, 0.2) is 91.4 Å². The average Bonchev–Trinajstić information content (AvgIpc) is 3.11. The Hall–Kier alpha value is -4.21. The van der Waals surface area contributed by atoms with Crippen LogP contribution < -0.4 is 15.0 Å². The number of halogens is 2. The molecule has 0 radical (unpaired) electrons. The summed E-state index contributed by atoms with van der Waals surface area (Å²) < 4.78 is 5.51. The summed E-state index contributed by atoms with van der Waals surface area (Å²) in [5, 5.41) is 8.18. The summed E-state index contributed by atoms with van der Waals surface area (Å²) in [5.74, 6) is 0.843. The third kappa shape index (κ3) is 7.27. The highest BCUT2D eigenvalue weighted by molar-refractivity contribution is 6.31. The van der Waals surface area contributed by atoms with Gasteiger partial charge < -0.3 is 24.8 Å². The first kappa shape index (κ1) is 32.3. The van der Waals surface area contributed by atoms with E-state index in [0.29, 0.717) is 10.0 Å². The molecule has 7 rings (SSSR count). The number of hydrogen-bond acceptors (Lipinski definition) is 8. The Balaban J connectivity index is 0.962. The normalized spacial score (nSPS) is 14.1. The molecule has 0 atom stereocenters. The summed E-state index contributed by atoms with van der Waals surface area (Å²) in [6, 6.07) is 24.1. The van der Waals surface area contributed by atoms with E-state index in [1.54, 1.807) is 7.11 Å². The molecule has 3 aromatic heterocycles. The number of nitrogens with zero attached hydrogens (tertiary/aromatic N) is 6. The molecule has 246 valence electrons. The monoisotopic (exact) mass is 679 g/mol. The molecule has 0 unspecified atom stereocenters. The van der Waals surface area contributed by atoms with Gasteiger partial charge in [-0.3, -0.25) is 15.0 Å². The summed E-state index contributed by atoms with van der Waals surface area (Å²) in [6.45, 7) is 8.16. The lowest BCUT2D eigenvalue weighted by atomic mass is 10.1. The lowest BCUT2D eigenvalue weighted by molar-refractivity contribution is 0.132. The molecule has 0 spiro atoms. The number of benzene rings is 3. The van der Waals surface area contributed by atoms with Gasteiger partial charge in [0.15, 0.2) is 0 Å². The van der Waals surface area contributed by atoms with Crippen LogP contribution in [0.25, 0.3) is 32.7 Å². The van der Waals surface area contributed by atoms with Gasteiger partial charge in [-0.2, -0.15) is 0 Å². The predicted molar refractivity (Wildman–Crippen MR) is 199 cm³/mol. The highest BCUT2D eigenvalue weighted by atomic mass is 35.5. The molecule has 1 aliphatic rings. The van der Waals surface area contributed by atoms with Gasteiger partial charge >= 0.3 is 0 Å². The molecule has 3 aromatic carbocycles. The molecule has 0 bridgehead atoms. The van der Waals surface area contributed by atoms with E-state index in [2.05, 4.69) is 65.3 Å². The third-order valence-corrected chi connectivity index (χ3v) is 9.62. The van der Waals surface area contributed by atoms with Crippen molar-refractivity contribution in [1.29, 1.82) is 0 Å². The van der Waals surface area contributed by atoms with Crippen LogP contribution in [0.3, 0.4) is 0 Å². The second-order valence-corrected chi connectivity index (χ2v) is 13.1.